The molecule has 0 amide bonds. The first-order chi connectivity index (χ1) is 6.76. The molecule has 0 spiro atoms. The second-order valence-electron chi connectivity index (χ2n) is 4.59. The number of benzene rings is 1. The van der Waals surface area contributed by atoms with E-state index in [1.54, 1.807) is 0 Å². The lowest BCUT2D eigenvalue weighted by Crippen LogP contribution is -2.33. The van der Waals surface area contributed by atoms with Crippen molar-refractivity contribution in [3.63, 3.8) is 0 Å². The Labute approximate surface area is 94.8 Å². The third-order valence-electron chi connectivity index (χ3n) is 3.52. The first-order valence-electron chi connectivity index (χ1n) is 5.36. The average Bonchev–Trinajstić information content (AvgIpc) is 2.14. The summed E-state index contributed by atoms with van der Waals surface area (Å²) in [5, 5.41) is 1.16. The van der Waals surface area contributed by atoms with Crippen LogP contribution in [-0.4, -0.2) is 5.33 Å². The van der Waals surface area contributed by atoms with Crippen molar-refractivity contribution in [3.05, 3.63) is 35.4 Å². The molecule has 0 aliphatic heterocycles. The van der Waals surface area contributed by atoms with E-state index in [1.807, 2.05) is 0 Å². The Balaban J connectivity index is 2.13. The smallest absolute Gasteiger partial charge is 0.00911 e. The van der Waals surface area contributed by atoms with E-state index in [-0.39, 0.29) is 0 Å². The summed E-state index contributed by atoms with van der Waals surface area (Å²) < 4.78 is 0. The summed E-state index contributed by atoms with van der Waals surface area (Å²) in [6, 6.07) is 8.78. The summed E-state index contributed by atoms with van der Waals surface area (Å²) in [6.45, 7) is 2.22. The normalized spacial score (nSPS) is 19.0. The summed E-state index contributed by atoms with van der Waals surface area (Å²) in [6.07, 6.45) is 5.46. The van der Waals surface area contributed by atoms with Crippen molar-refractivity contribution >= 4 is 15.9 Å². The molecule has 0 radical (unpaired) electrons. The van der Waals surface area contributed by atoms with Crippen molar-refractivity contribution in [2.75, 3.05) is 5.33 Å². The van der Waals surface area contributed by atoms with Gasteiger partial charge in [0.05, 0.1) is 0 Å². The number of alkyl halides is 1. The first kappa shape index (κ1) is 10.2. The zero-order valence-corrected chi connectivity index (χ0v) is 10.3. The molecular weight excluding hydrogens is 236 g/mol. The number of halogens is 1. The van der Waals surface area contributed by atoms with Crippen LogP contribution < -0.4 is 0 Å². The van der Waals surface area contributed by atoms with Gasteiger partial charge in [-0.2, -0.15) is 0 Å². The van der Waals surface area contributed by atoms with Gasteiger partial charge in [-0.15, -0.1) is 0 Å². The lowest BCUT2D eigenvalue weighted by molar-refractivity contribution is 0.169. The fraction of sp³-hybridized carbons (Fsp3) is 0.538. The molecule has 1 fully saturated rings. The topological polar surface area (TPSA) is 0 Å². The molecule has 1 aliphatic carbocycles. The Bertz CT molecular complexity index is 307. The summed E-state index contributed by atoms with van der Waals surface area (Å²) in [5.74, 6) is 0. The van der Waals surface area contributed by atoms with Gasteiger partial charge in [-0.25, -0.2) is 0 Å². The minimum absolute atomic E-state index is 0.576. The van der Waals surface area contributed by atoms with Crippen LogP contribution in [0.2, 0.25) is 0 Å². The van der Waals surface area contributed by atoms with Crippen molar-refractivity contribution in [1.29, 1.82) is 0 Å². The van der Waals surface area contributed by atoms with Gasteiger partial charge < -0.3 is 0 Å². The highest BCUT2D eigenvalue weighted by Gasteiger charge is 2.35. The molecule has 0 bridgehead atoms. The van der Waals surface area contributed by atoms with Gasteiger partial charge in [0.25, 0.3) is 0 Å². The van der Waals surface area contributed by atoms with Crippen LogP contribution >= 0.6 is 15.9 Å². The molecule has 0 atom stereocenters. The van der Waals surface area contributed by atoms with Gasteiger partial charge >= 0.3 is 0 Å². The average molecular weight is 253 g/mol. The van der Waals surface area contributed by atoms with Crippen molar-refractivity contribution in [1.82, 2.24) is 0 Å². The van der Waals surface area contributed by atoms with Crippen LogP contribution in [-0.2, 0) is 6.42 Å². The molecule has 0 heterocycles. The van der Waals surface area contributed by atoms with E-state index >= 15 is 0 Å². The second kappa shape index (κ2) is 4.06. The van der Waals surface area contributed by atoms with Crippen LogP contribution in [0.15, 0.2) is 24.3 Å². The highest BCUT2D eigenvalue weighted by molar-refractivity contribution is 9.09. The van der Waals surface area contributed by atoms with Gasteiger partial charge in [0.2, 0.25) is 0 Å². The van der Waals surface area contributed by atoms with Crippen LogP contribution in [0.3, 0.4) is 0 Å². The molecule has 0 nitrogen and oxygen atoms in total. The van der Waals surface area contributed by atoms with Crippen molar-refractivity contribution in [2.24, 2.45) is 5.41 Å². The quantitative estimate of drug-likeness (QED) is 0.711. The maximum atomic E-state index is 3.67. The molecule has 2 rings (SSSR count). The molecule has 1 saturated carbocycles. The molecule has 1 aromatic carbocycles. The second-order valence-corrected chi connectivity index (χ2v) is 5.15. The standard InChI is InChI=1S/C13H17Br/c1-11-5-2-3-6-12(11)9-13(10-14)7-4-8-13/h2-3,5-6H,4,7-10H2,1H3. The fourth-order valence-corrected chi connectivity index (χ4v) is 3.01. The maximum Gasteiger partial charge on any atom is 0.00911 e. The van der Waals surface area contributed by atoms with Crippen molar-refractivity contribution in [3.8, 4) is 0 Å². The van der Waals surface area contributed by atoms with Crippen LogP contribution in [0.25, 0.3) is 0 Å². The van der Waals surface area contributed by atoms with Gasteiger partial charge in [0.15, 0.2) is 0 Å². The van der Waals surface area contributed by atoms with E-state index in [2.05, 4.69) is 47.1 Å². The summed E-state index contributed by atoms with van der Waals surface area (Å²) in [5.41, 5.74) is 3.55. The molecule has 76 valence electrons. The number of hydrogen-bond donors (Lipinski definition) is 0. The van der Waals surface area contributed by atoms with Crippen LogP contribution in [0.5, 0.6) is 0 Å². The molecule has 14 heavy (non-hydrogen) atoms. The van der Waals surface area contributed by atoms with Gasteiger partial charge in [0.1, 0.15) is 0 Å². The van der Waals surface area contributed by atoms with Gasteiger partial charge in [0, 0.05) is 5.33 Å². The number of hydrogen-bond acceptors (Lipinski definition) is 0. The Hall–Kier alpha value is -0.300. The fourth-order valence-electron chi connectivity index (χ4n) is 2.25. The first-order valence-corrected chi connectivity index (χ1v) is 6.48. The Morgan fingerprint density at radius 1 is 1.29 bits per heavy atom. The predicted octanol–water partition coefficient (Wildman–Crippen LogP) is 4.10. The van der Waals surface area contributed by atoms with Gasteiger partial charge in [-0.05, 0) is 42.7 Å². The SMILES string of the molecule is Cc1ccccc1CC1(CBr)CCC1. The van der Waals surface area contributed by atoms with Crippen LogP contribution in [0, 0.1) is 12.3 Å². The van der Waals surface area contributed by atoms with Crippen LogP contribution in [0.1, 0.15) is 30.4 Å². The maximum absolute atomic E-state index is 3.67. The molecule has 0 N–H and O–H groups in total. The third-order valence-corrected chi connectivity index (χ3v) is 4.71. The molecule has 0 aromatic heterocycles. The summed E-state index contributed by atoms with van der Waals surface area (Å²) >= 11 is 3.67. The highest BCUT2D eigenvalue weighted by atomic mass is 79.9. The molecule has 0 unspecified atom stereocenters. The van der Waals surface area contributed by atoms with Gasteiger partial charge in [-0.3, -0.25) is 0 Å². The minimum atomic E-state index is 0.576. The Morgan fingerprint density at radius 3 is 2.50 bits per heavy atom. The lowest BCUT2D eigenvalue weighted by Gasteiger charge is -2.41. The number of rotatable bonds is 3. The summed E-state index contributed by atoms with van der Waals surface area (Å²) in [4.78, 5) is 0. The monoisotopic (exact) mass is 252 g/mol. The Morgan fingerprint density at radius 2 is 2.00 bits per heavy atom. The largest absolute Gasteiger partial charge is 0.0922 e. The number of aryl methyl sites for hydroxylation is 1. The van der Waals surface area contributed by atoms with Gasteiger partial charge in [-0.1, -0.05) is 46.6 Å². The van der Waals surface area contributed by atoms with E-state index in [0.717, 1.165) is 5.33 Å². The van der Waals surface area contributed by atoms with Crippen molar-refractivity contribution in [2.45, 2.75) is 32.6 Å². The van der Waals surface area contributed by atoms with E-state index in [1.165, 1.54) is 36.8 Å². The summed E-state index contributed by atoms with van der Waals surface area (Å²) in [7, 11) is 0. The molecular formula is C13H17Br. The lowest BCUT2D eigenvalue weighted by atomic mass is 9.66. The Kier molecular flexibility index (Phi) is 2.96. The zero-order valence-electron chi connectivity index (χ0n) is 8.72. The zero-order chi connectivity index (χ0) is 10.0. The molecule has 0 saturated heterocycles. The molecule has 1 aromatic rings. The van der Waals surface area contributed by atoms with E-state index in [0.29, 0.717) is 5.41 Å². The third kappa shape index (κ3) is 1.88. The van der Waals surface area contributed by atoms with E-state index < -0.39 is 0 Å². The molecule has 1 aliphatic rings. The van der Waals surface area contributed by atoms with Crippen molar-refractivity contribution < 1.29 is 0 Å². The van der Waals surface area contributed by atoms with E-state index in [9.17, 15) is 0 Å². The predicted molar refractivity (Wildman–Crippen MR) is 65.0 cm³/mol. The van der Waals surface area contributed by atoms with Crippen LogP contribution in [0.4, 0.5) is 0 Å². The molecule has 1 heteroatoms. The minimum Gasteiger partial charge on any atom is -0.0922 e. The highest BCUT2D eigenvalue weighted by Crippen LogP contribution is 2.45. The van der Waals surface area contributed by atoms with E-state index in [4.69, 9.17) is 0 Å².